The Morgan fingerprint density at radius 2 is 1.17 bits per heavy atom. The normalized spacial score (nSPS) is 10.7. The zero-order chi connectivity index (χ0) is 20.1. The molecule has 0 bridgehead atoms. The molecule has 0 radical (unpaired) electrons. The second kappa shape index (κ2) is 8.70. The minimum absolute atomic E-state index is 0.745. The van der Waals surface area contributed by atoms with Gasteiger partial charge in [-0.2, -0.15) is 0 Å². The van der Waals surface area contributed by atoms with Gasteiger partial charge in [0.05, 0.1) is 18.5 Å². The van der Waals surface area contributed by atoms with Gasteiger partial charge in [0.15, 0.2) is 5.82 Å². The van der Waals surface area contributed by atoms with Gasteiger partial charge in [-0.1, -0.05) is 74.0 Å². The van der Waals surface area contributed by atoms with E-state index in [2.05, 4.69) is 55.5 Å². The maximum atomic E-state index is 5.34. The smallest absolute Gasteiger partial charge is 0.160 e. The molecule has 144 valence electrons. The van der Waals surface area contributed by atoms with Crippen molar-refractivity contribution < 1.29 is 4.74 Å². The summed E-state index contributed by atoms with van der Waals surface area (Å²) in [5, 5.41) is 0. The van der Waals surface area contributed by atoms with Crippen LogP contribution in [0.4, 0.5) is 0 Å². The molecule has 29 heavy (non-hydrogen) atoms. The van der Waals surface area contributed by atoms with Crippen LogP contribution >= 0.6 is 0 Å². The summed E-state index contributed by atoms with van der Waals surface area (Å²) >= 11 is 0. The molecule has 0 spiro atoms. The van der Waals surface area contributed by atoms with Crippen LogP contribution in [0.15, 0.2) is 84.9 Å². The fourth-order valence-corrected chi connectivity index (χ4v) is 3.51. The molecule has 0 saturated heterocycles. The van der Waals surface area contributed by atoms with Crippen molar-refractivity contribution >= 4 is 0 Å². The minimum atomic E-state index is 0.745. The van der Waals surface area contributed by atoms with E-state index in [1.54, 1.807) is 7.11 Å². The topological polar surface area (TPSA) is 35.0 Å². The quantitative estimate of drug-likeness (QED) is 0.386. The minimum Gasteiger partial charge on any atom is -0.497 e. The van der Waals surface area contributed by atoms with E-state index >= 15 is 0 Å². The van der Waals surface area contributed by atoms with Gasteiger partial charge in [0.25, 0.3) is 0 Å². The van der Waals surface area contributed by atoms with Crippen LogP contribution in [0.1, 0.15) is 18.9 Å². The Morgan fingerprint density at radius 1 is 0.655 bits per heavy atom. The predicted molar refractivity (Wildman–Crippen MR) is 119 cm³/mol. The molecule has 3 nitrogen and oxygen atoms in total. The summed E-state index contributed by atoms with van der Waals surface area (Å²) in [5.41, 5.74) is 6.39. The average Bonchev–Trinajstić information content (AvgIpc) is 2.80. The fourth-order valence-electron chi connectivity index (χ4n) is 3.51. The largest absolute Gasteiger partial charge is 0.497 e. The lowest BCUT2D eigenvalue weighted by molar-refractivity contribution is 0.415. The Kier molecular flexibility index (Phi) is 5.66. The van der Waals surface area contributed by atoms with E-state index in [1.807, 2.05) is 36.4 Å². The van der Waals surface area contributed by atoms with E-state index in [1.165, 1.54) is 5.56 Å². The highest BCUT2D eigenvalue weighted by Gasteiger charge is 2.17. The second-order valence-corrected chi connectivity index (χ2v) is 6.93. The third kappa shape index (κ3) is 4.04. The first kappa shape index (κ1) is 18.9. The van der Waals surface area contributed by atoms with E-state index < -0.39 is 0 Å². The molecule has 1 heterocycles. The van der Waals surface area contributed by atoms with Crippen molar-refractivity contribution in [1.29, 1.82) is 0 Å². The Balaban J connectivity index is 1.98. The third-order valence-electron chi connectivity index (χ3n) is 4.95. The molecule has 0 fully saturated rings. The van der Waals surface area contributed by atoms with Crippen molar-refractivity contribution in [3.8, 4) is 39.7 Å². The van der Waals surface area contributed by atoms with Gasteiger partial charge in [-0.3, -0.25) is 0 Å². The first-order valence-corrected chi connectivity index (χ1v) is 9.96. The highest BCUT2D eigenvalue weighted by molar-refractivity contribution is 5.76. The summed E-state index contributed by atoms with van der Waals surface area (Å²) in [7, 11) is 1.68. The van der Waals surface area contributed by atoms with Crippen LogP contribution < -0.4 is 4.74 Å². The Bertz CT molecular complexity index is 1070. The zero-order valence-electron chi connectivity index (χ0n) is 16.8. The van der Waals surface area contributed by atoms with Crippen LogP contribution in [0, 0.1) is 0 Å². The molecule has 0 aliphatic heterocycles. The summed E-state index contributed by atoms with van der Waals surface area (Å²) in [5.74, 6) is 1.58. The maximum Gasteiger partial charge on any atom is 0.160 e. The highest BCUT2D eigenvalue weighted by Crippen LogP contribution is 2.34. The standard InChI is InChI=1S/C26H24N2O/c1-3-10-23-24(19-11-6-4-7-12-19)27-26(21-13-8-5-9-14-21)28-25(23)20-15-17-22(29-2)18-16-20/h4-9,11-18H,3,10H2,1-2H3. The van der Waals surface area contributed by atoms with Crippen molar-refractivity contribution in [1.82, 2.24) is 9.97 Å². The van der Waals surface area contributed by atoms with Gasteiger partial charge in [-0.15, -0.1) is 0 Å². The number of benzene rings is 3. The lowest BCUT2D eigenvalue weighted by atomic mass is 9.96. The molecule has 4 rings (SSSR count). The molecular weight excluding hydrogens is 356 g/mol. The Labute approximate surface area is 172 Å². The molecule has 0 N–H and O–H groups in total. The number of methoxy groups -OCH3 is 1. The summed E-state index contributed by atoms with van der Waals surface area (Å²) < 4.78 is 5.34. The van der Waals surface area contributed by atoms with Gasteiger partial charge >= 0.3 is 0 Å². The van der Waals surface area contributed by atoms with Gasteiger partial charge in [0, 0.05) is 22.3 Å². The van der Waals surface area contributed by atoms with Crippen molar-refractivity contribution in [2.24, 2.45) is 0 Å². The summed E-state index contributed by atoms with van der Waals surface area (Å²) in [6.45, 7) is 2.19. The van der Waals surface area contributed by atoms with Crippen LogP contribution in [0.2, 0.25) is 0 Å². The molecule has 0 atom stereocenters. The van der Waals surface area contributed by atoms with E-state index in [9.17, 15) is 0 Å². The molecule has 0 aliphatic carbocycles. The molecule has 0 amide bonds. The van der Waals surface area contributed by atoms with Crippen LogP contribution in [0.25, 0.3) is 33.9 Å². The number of aromatic nitrogens is 2. The lowest BCUT2D eigenvalue weighted by Crippen LogP contribution is -2.03. The predicted octanol–water partition coefficient (Wildman–Crippen LogP) is 6.44. The van der Waals surface area contributed by atoms with Crippen molar-refractivity contribution in [2.75, 3.05) is 7.11 Å². The zero-order valence-corrected chi connectivity index (χ0v) is 16.8. The van der Waals surface area contributed by atoms with Crippen molar-refractivity contribution in [3.63, 3.8) is 0 Å². The number of hydrogen-bond donors (Lipinski definition) is 0. The number of ether oxygens (including phenoxy) is 1. The number of hydrogen-bond acceptors (Lipinski definition) is 3. The molecule has 0 aliphatic rings. The second-order valence-electron chi connectivity index (χ2n) is 6.93. The van der Waals surface area contributed by atoms with Crippen LogP contribution in [-0.2, 0) is 6.42 Å². The monoisotopic (exact) mass is 380 g/mol. The van der Waals surface area contributed by atoms with Crippen LogP contribution in [0.5, 0.6) is 5.75 Å². The lowest BCUT2D eigenvalue weighted by Gasteiger charge is -2.16. The van der Waals surface area contributed by atoms with Crippen LogP contribution in [-0.4, -0.2) is 17.1 Å². The number of rotatable bonds is 6. The fraction of sp³-hybridized carbons (Fsp3) is 0.154. The first-order valence-electron chi connectivity index (χ1n) is 9.96. The third-order valence-corrected chi connectivity index (χ3v) is 4.95. The summed E-state index contributed by atoms with van der Waals surface area (Å²) in [6.07, 6.45) is 1.94. The SMILES string of the molecule is CCCc1c(-c2ccccc2)nc(-c2ccccc2)nc1-c1ccc(OC)cc1. The molecular formula is C26H24N2O. The molecule has 1 aromatic heterocycles. The van der Waals surface area contributed by atoms with Crippen molar-refractivity contribution in [3.05, 3.63) is 90.5 Å². The highest BCUT2D eigenvalue weighted by atomic mass is 16.5. The van der Waals surface area contributed by atoms with Crippen molar-refractivity contribution in [2.45, 2.75) is 19.8 Å². The average molecular weight is 380 g/mol. The molecule has 3 aromatic carbocycles. The molecule has 4 aromatic rings. The van der Waals surface area contributed by atoms with Gasteiger partial charge in [-0.05, 0) is 30.7 Å². The van der Waals surface area contributed by atoms with E-state index in [-0.39, 0.29) is 0 Å². The van der Waals surface area contributed by atoms with Crippen LogP contribution in [0.3, 0.4) is 0 Å². The van der Waals surface area contributed by atoms with Gasteiger partial charge in [0.2, 0.25) is 0 Å². The molecule has 0 saturated carbocycles. The molecule has 3 heteroatoms. The van der Waals surface area contributed by atoms with Gasteiger partial charge in [0.1, 0.15) is 5.75 Å². The number of nitrogens with zero attached hydrogens (tertiary/aromatic N) is 2. The first-order chi connectivity index (χ1) is 14.3. The van der Waals surface area contributed by atoms with E-state index in [0.717, 1.165) is 52.5 Å². The summed E-state index contributed by atoms with van der Waals surface area (Å²) in [4.78, 5) is 10.0. The van der Waals surface area contributed by atoms with Gasteiger partial charge in [-0.25, -0.2) is 9.97 Å². The Hall–Kier alpha value is -3.46. The molecule has 0 unspecified atom stereocenters. The maximum absolute atomic E-state index is 5.34. The van der Waals surface area contributed by atoms with E-state index in [4.69, 9.17) is 14.7 Å². The van der Waals surface area contributed by atoms with E-state index in [0.29, 0.717) is 0 Å². The van der Waals surface area contributed by atoms with Gasteiger partial charge < -0.3 is 4.74 Å². The summed E-state index contributed by atoms with van der Waals surface area (Å²) in [6, 6.07) is 28.7. The Morgan fingerprint density at radius 3 is 1.69 bits per heavy atom.